The first-order valence-electron chi connectivity index (χ1n) is 13.0. The molecule has 8 heteroatoms. The molecule has 35 heavy (non-hydrogen) atoms. The summed E-state index contributed by atoms with van der Waals surface area (Å²) in [6.45, 7) is 8.58. The summed E-state index contributed by atoms with van der Waals surface area (Å²) in [5, 5.41) is 77.0. The van der Waals surface area contributed by atoms with Gasteiger partial charge in [-0.15, -0.1) is 0 Å². The Hall–Kier alpha value is -0.870. The van der Waals surface area contributed by atoms with Gasteiger partial charge in [-0.05, 0) is 89.2 Å². The van der Waals surface area contributed by atoms with Crippen LogP contribution in [0.1, 0.15) is 86.0 Å². The predicted molar refractivity (Wildman–Crippen MR) is 128 cm³/mol. The van der Waals surface area contributed by atoms with Crippen LogP contribution >= 0.6 is 0 Å². The Morgan fingerprint density at radius 1 is 0.971 bits per heavy atom. The number of hydrogen-bond acceptors (Lipinski definition) is 8. The van der Waals surface area contributed by atoms with E-state index < -0.39 is 63.2 Å². The van der Waals surface area contributed by atoms with Gasteiger partial charge in [0.2, 0.25) is 0 Å². The summed E-state index contributed by atoms with van der Waals surface area (Å²) in [7, 11) is 0. The maximum Gasteiger partial charge on any atom is 0.187 e. The lowest BCUT2D eigenvalue weighted by Gasteiger charge is -2.62. The van der Waals surface area contributed by atoms with Crippen molar-refractivity contribution >= 4 is 5.78 Å². The second-order valence-electron chi connectivity index (χ2n) is 13.3. The van der Waals surface area contributed by atoms with Crippen LogP contribution in [-0.4, -0.2) is 82.2 Å². The van der Waals surface area contributed by atoms with Crippen LogP contribution in [0.25, 0.3) is 0 Å². The molecule has 7 N–H and O–H groups in total. The molecule has 0 heterocycles. The van der Waals surface area contributed by atoms with Crippen molar-refractivity contribution in [3.8, 4) is 0 Å². The fourth-order valence-corrected chi connectivity index (χ4v) is 8.31. The monoisotopic (exact) mass is 496 g/mol. The summed E-state index contributed by atoms with van der Waals surface area (Å²) in [5.74, 6) is -1.38. The van der Waals surface area contributed by atoms with E-state index in [2.05, 4.69) is 0 Å². The fraction of sp³-hybridized carbons (Fsp3) is 0.889. The molecular formula is C27H44O8. The second-order valence-corrected chi connectivity index (χ2v) is 13.3. The highest BCUT2D eigenvalue weighted by Gasteiger charge is 2.71. The van der Waals surface area contributed by atoms with Gasteiger partial charge in [0, 0.05) is 17.3 Å². The van der Waals surface area contributed by atoms with Crippen molar-refractivity contribution in [3.63, 3.8) is 0 Å². The lowest BCUT2D eigenvalue weighted by Crippen LogP contribution is -2.69. The number of rotatable bonds is 5. The molecule has 10 atom stereocenters. The van der Waals surface area contributed by atoms with Gasteiger partial charge >= 0.3 is 0 Å². The summed E-state index contributed by atoms with van der Waals surface area (Å²) in [6, 6.07) is 0. The first-order chi connectivity index (χ1) is 15.8. The molecule has 0 saturated heterocycles. The summed E-state index contributed by atoms with van der Waals surface area (Å²) < 4.78 is 0. The summed E-state index contributed by atoms with van der Waals surface area (Å²) in [4.78, 5) is 13.3. The SMILES string of the molecule is CC(C)(O)CC[C@@H](O)[C@](C)(O)[C@H]1CC[C@@]2(O)C3=CC(=O)[C@]4(O)C[C@H](O)[C@H](O)C[C@]4(C)[C@H]3CC[C@]12C. The Morgan fingerprint density at radius 2 is 1.57 bits per heavy atom. The van der Waals surface area contributed by atoms with Crippen molar-refractivity contribution in [3.05, 3.63) is 11.6 Å². The van der Waals surface area contributed by atoms with E-state index in [9.17, 15) is 40.5 Å². The number of carbonyl (C=O) groups excluding carboxylic acids is 1. The van der Waals surface area contributed by atoms with E-state index >= 15 is 0 Å². The molecule has 0 aromatic heterocycles. The molecule has 4 aliphatic rings. The predicted octanol–water partition coefficient (Wildman–Crippen LogP) is 0.969. The van der Waals surface area contributed by atoms with Crippen LogP contribution in [0.15, 0.2) is 11.6 Å². The molecule has 3 fully saturated rings. The van der Waals surface area contributed by atoms with Crippen LogP contribution in [0.4, 0.5) is 0 Å². The molecule has 4 aliphatic carbocycles. The zero-order chi connectivity index (χ0) is 26.4. The Bertz CT molecular complexity index is 907. The topological polar surface area (TPSA) is 159 Å². The maximum absolute atomic E-state index is 13.3. The van der Waals surface area contributed by atoms with Gasteiger partial charge in [0.05, 0.1) is 35.1 Å². The third-order valence-corrected chi connectivity index (χ3v) is 10.7. The largest absolute Gasteiger partial charge is 0.390 e. The minimum atomic E-state index is -1.82. The van der Waals surface area contributed by atoms with Crippen LogP contribution in [-0.2, 0) is 4.79 Å². The average Bonchev–Trinajstić information content (AvgIpc) is 3.01. The van der Waals surface area contributed by atoms with Gasteiger partial charge < -0.3 is 35.7 Å². The van der Waals surface area contributed by atoms with Crippen LogP contribution in [0.5, 0.6) is 0 Å². The maximum atomic E-state index is 13.3. The molecule has 3 saturated carbocycles. The molecule has 0 unspecified atom stereocenters. The molecular weight excluding hydrogens is 452 g/mol. The highest BCUT2D eigenvalue weighted by molar-refractivity contribution is 6.00. The third-order valence-electron chi connectivity index (χ3n) is 10.7. The number of aliphatic hydroxyl groups is 7. The van der Waals surface area contributed by atoms with Crippen LogP contribution in [0.2, 0.25) is 0 Å². The molecule has 0 aromatic carbocycles. The smallest absolute Gasteiger partial charge is 0.187 e. The standard InChI is InChI=1S/C27H44O8/c1-22(2,32)9-8-20(30)25(5,33)19-7-11-26(34)16-12-21(31)27(35)14-18(29)17(28)13-24(27,4)15(16)6-10-23(19,26)3/h12,15,17-20,28-30,32-35H,6-11,13-14H2,1-5H3/t15-,17+,18-,19-,20+,23+,24+,25+,26+,27+/m0/s1. The molecule has 4 rings (SSSR count). The highest BCUT2D eigenvalue weighted by atomic mass is 16.3. The Kier molecular flexibility index (Phi) is 6.26. The molecule has 0 aromatic rings. The Morgan fingerprint density at radius 3 is 2.17 bits per heavy atom. The van der Waals surface area contributed by atoms with E-state index in [1.54, 1.807) is 27.7 Å². The minimum Gasteiger partial charge on any atom is -0.390 e. The molecule has 200 valence electrons. The van der Waals surface area contributed by atoms with E-state index in [0.717, 1.165) is 0 Å². The number of carbonyl (C=O) groups is 1. The molecule has 0 amide bonds. The van der Waals surface area contributed by atoms with E-state index in [-0.39, 0.29) is 25.2 Å². The normalized spacial score (nSPS) is 48.3. The van der Waals surface area contributed by atoms with Crippen molar-refractivity contribution in [2.45, 2.75) is 127 Å². The van der Waals surface area contributed by atoms with Crippen molar-refractivity contribution in [1.82, 2.24) is 0 Å². The lowest BCUT2D eigenvalue weighted by molar-refractivity contribution is -0.211. The average molecular weight is 497 g/mol. The van der Waals surface area contributed by atoms with E-state index in [1.165, 1.54) is 6.08 Å². The van der Waals surface area contributed by atoms with Gasteiger partial charge in [0.25, 0.3) is 0 Å². The number of fused-ring (bicyclic) bond motifs is 5. The lowest BCUT2D eigenvalue weighted by atomic mass is 9.44. The van der Waals surface area contributed by atoms with Gasteiger partial charge in [-0.3, -0.25) is 4.79 Å². The van der Waals surface area contributed by atoms with Gasteiger partial charge in [-0.2, -0.15) is 0 Å². The summed E-state index contributed by atoms with van der Waals surface area (Å²) in [5.41, 5.74) is -7.07. The van der Waals surface area contributed by atoms with Crippen LogP contribution < -0.4 is 0 Å². The van der Waals surface area contributed by atoms with Gasteiger partial charge in [-0.25, -0.2) is 0 Å². The van der Waals surface area contributed by atoms with E-state index in [0.29, 0.717) is 37.7 Å². The first-order valence-corrected chi connectivity index (χ1v) is 13.0. The second kappa shape index (κ2) is 8.06. The van der Waals surface area contributed by atoms with Gasteiger partial charge in [0.1, 0.15) is 5.60 Å². The molecule has 0 radical (unpaired) electrons. The molecule has 0 bridgehead atoms. The van der Waals surface area contributed by atoms with E-state index in [1.807, 2.05) is 6.92 Å². The number of ketones is 1. The summed E-state index contributed by atoms with van der Waals surface area (Å²) in [6.07, 6.45) is 0.0884. The minimum absolute atomic E-state index is 0.0437. The zero-order valence-electron chi connectivity index (χ0n) is 21.7. The molecule has 0 spiro atoms. The van der Waals surface area contributed by atoms with Gasteiger partial charge in [-0.1, -0.05) is 13.8 Å². The Labute approximate surface area is 207 Å². The quantitative estimate of drug-likeness (QED) is 0.297. The van der Waals surface area contributed by atoms with Crippen LogP contribution in [0, 0.1) is 22.7 Å². The van der Waals surface area contributed by atoms with Crippen molar-refractivity contribution in [2.75, 3.05) is 0 Å². The van der Waals surface area contributed by atoms with Crippen molar-refractivity contribution in [2.24, 2.45) is 22.7 Å². The third kappa shape index (κ3) is 3.70. The number of hydrogen-bond donors (Lipinski definition) is 7. The Balaban J connectivity index is 1.70. The molecule has 8 nitrogen and oxygen atoms in total. The first kappa shape index (κ1) is 27.2. The van der Waals surface area contributed by atoms with Crippen molar-refractivity contribution in [1.29, 1.82) is 0 Å². The fourth-order valence-electron chi connectivity index (χ4n) is 8.31. The highest BCUT2D eigenvalue weighted by Crippen LogP contribution is 2.69. The van der Waals surface area contributed by atoms with Crippen LogP contribution in [0.3, 0.4) is 0 Å². The van der Waals surface area contributed by atoms with Gasteiger partial charge in [0.15, 0.2) is 5.78 Å². The zero-order valence-corrected chi connectivity index (χ0v) is 21.7. The van der Waals surface area contributed by atoms with Crippen molar-refractivity contribution < 1.29 is 40.5 Å². The number of aliphatic hydroxyl groups excluding tert-OH is 3. The van der Waals surface area contributed by atoms with E-state index in [4.69, 9.17) is 0 Å². The molecule has 0 aliphatic heterocycles. The summed E-state index contributed by atoms with van der Waals surface area (Å²) >= 11 is 0.